The van der Waals surface area contributed by atoms with Crippen LogP contribution in [0.2, 0.25) is 0 Å². The average molecular weight is 316 g/mol. The number of nitrogens with one attached hydrogen (secondary N) is 2. The van der Waals surface area contributed by atoms with Crippen molar-refractivity contribution in [3.05, 3.63) is 24.0 Å². The number of ether oxygens (including phenoxy) is 1. The standard InChI is InChI=1S/C14H21N3O3.ClH/c1-14(2,3)15-7-9(18)8-20-11-6-4-5-10-12(11)17-13(19)16-10;/h4-6,9,12,15,18H,7-8H2,1-3H3,(H,17,19);1H. The minimum absolute atomic E-state index is 0. The minimum atomic E-state index is -0.612. The number of aliphatic hydroxyl groups is 1. The van der Waals surface area contributed by atoms with E-state index >= 15 is 0 Å². The van der Waals surface area contributed by atoms with Gasteiger partial charge in [0.1, 0.15) is 24.5 Å². The number of carbonyl (C=O) groups is 1. The Labute approximate surface area is 130 Å². The highest BCUT2D eigenvalue weighted by atomic mass is 35.5. The summed E-state index contributed by atoms with van der Waals surface area (Å²) in [5, 5.41) is 15.8. The average Bonchev–Trinajstić information content (AvgIpc) is 2.73. The van der Waals surface area contributed by atoms with Crippen molar-refractivity contribution in [1.82, 2.24) is 10.6 Å². The van der Waals surface area contributed by atoms with E-state index < -0.39 is 6.10 Å². The molecule has 2 unspecified atom stereocenters. The van der Waals surface area contributed by atoms with E-state index in [1.807, 2.05) is 20.8 Å². The Hall–Kier alpha value is -1.37. The molecule has 2 aliphatic rings. The van der Waals surface area contributed by atoms with Gasteiger partial charge in [0.25, 0.3) is 0 Å². The predicted octanol–water partition coefficient (Wildman–Crippen LogP) is 1.16. The van der Waals surface area contributed by atoms with Crippen molar-refractivity contribution in [2.24, 2.45) is 4.99 Å². The number of halogens is 1. The summed E-state index contributed by atoms with van der Waals surface area (Å²) in [6.45, 7) is 6.72. The van der Waals surface area contributed by atoms with Crippen molar-refractivity contribution in [2.75, 3.05) is 13.2 Å². The summed E-state index contributed by atoms with van der Waals surface area (Å²) in [6, 6.07) is -0.684. The van der Waals surface area contributed by atoms with Crippen molar-refractivity contribution in [2.45, 2.75) is 38.5 Å². The highest BCUT2D eigenvalue weighted by molar-refractivity contribution is 6.13. The van der Waals surface area contributed by atoms with Crippen LogP contribution in [0.4, 0.5) is 4.79 Å². The van der Waals surface area contributed by atoms with Crippen molar-refractivity contribution in [1.29, 1.82) is 0 Å². The molecule has 0 saturated carbocycles. The van der Waals surface area contributed by atoms with Gasteiger partial charge >= 0.3 is 6.03 Å². The quantitative estimate of drug-likeness (QED) is 0.711. The van der Waals surface area contributed by atoms with Gasteiger partial charge < -0.3 is 20.5 Å². The summed E-state index contributed by atoms with van der Waals surface area (Å²) in [5.74, 6) is 0.604. The van der Waals surface area contributed by atoms with Crippen LogP contribution in [0.15, 0.2) is 29.0 Å². The van der Waals surface area contributed by atoms with Gasteiger partial charge in [0, 0.05) is 12.1 Å². The third-order valence-corrected chi connectivity index (χ3v) is 2.92. The largest absolute Gasteiger partial charge is 0.493 e. The highest BCUT2D eigenvalue weighted by Crippen LogP contribution is 2.17. The van der Waals surface area contributed by atoms with E-state index in [1.165, 1.54) is 0 Å². The van der Waals surface area contributed by atoms with E-state index in [-0.39, 0.29) is 36.6 Å². The first-order valence-electron chi connectivity index (χ1n) is 6.68. The minimum Gasteiger partial charge on any atom is -0.493 e. The Balaban J connectivity index is 0.00000220. The number of nitrogens with zero attached hydrogens (tertiary/aromatic N) is 1. The van der Waals surface area contributed by atoms with Crippen molar-refractivity contribution in [3.8, 4) is 0 Å². The van der Waals surface area contributed by atoms with Crippen LogP contribution in [-0.4, -0.2) is 47.7 Å². The van der Waals surface area contributed by atoms with E-state index in [4.69, 9.17) is 4.74 Å². The second-order valence-electron chi connectivity index (χ2n) is 5.94. The second-order valence-corrected chi connectivity index (χ2v) is 5.94. The number of hydrogen-bond donors (Lipinski definition) is 3. The van der Waals surface area contributed by atoms with Crippen molar-refractivity contribution in [3.63, 3.8) is 0 Å². The van der Waals surface area contributed by atoms with E-state index in [2.05, 4.69) is 15.6 Å². The van der Waals surface area contributed by atoms with Crippen LogP contribution < -0.4 is 10.6 Å². The first-order chi connectivity index (χ1) is 9.35. The third kappa shape index (κ3) is 5.15. The summed E-state index contributed by atoms with van der Waals surface area (Å²) >= 11 is 0. The molecule has 1 heterocycles. The van der Waals surface area contributed by atoms with Crippen LogP contribution >= 0.6 is 12.4 Å². The van der Waals surface area contributed by atoms with Gasteiger partial charge in [-0.25, -0.2) is 4.79 Å². The van der Waals surface area contributed by atoms with E-state index in [0.29, 0.717) is 18.0 Å². The number of hydrogen-bond acceptors (Lipinski definition) is 4. The number of carbonyl (C=O) groups excluding carboxylic acids is 1. The molecule has 3 N–H and O–H groups in total. The fourth-order valence-electron chi connectivity index (χ4n) is 1.91. The molecule has 2 rings (SSSR count). The lowest BCUT2D eigenvalue weighted by Crippen LogP contribution is -2.42. The van der Waals surface area contributed by atoms with Crippen LogP contribution in [0.5, 0.6) is 0 Å². The first kappa shape index (κ1) is 17.7. The summed E-state index contributed by atoms with van der Waals surface area (Å²) in [5.41, 5.74) is 0.599. The molecule has 6 nitrogen and oxygen atoms in total. The number of β-amino-alcohol motifs (C(OH)–C–C–N with tert-alkyl or cyclic N) is 1. The maximum Gasteiger partial charge on any atom is 0.342 e. The zero-order valence-electron chi connectivity index (χ0n) is 12.4. The molecule has 7 heteroatoms. The fourth-order valence-corrected chi connectivity index (χ4v) is 1.91. The lowest BCUT2D eigenvalue weighted by molar-refractivity contribution is 0.0634. The number of amides is 2. The van der Waals surface area contributed by atoms with Crippen LogP contribution in [-0.2, 0) is 4.74 Å². The van der Waals surface area contributed by atoms with Gasteiger partial charge in [-0.1, -0.05) is 6.08 Å². The van der Waals surface area contributed by atoms with Crippen LogP contribution in [0.1, 0.15) is 20.8 Å². The Morgan fingerprint density at radius 1 is 1.52 bits per heavy atom. The Morgan fingerprint density at radius 2 is 2.24 bits per heavy atom. The molecule has 0 bridgehead atoms. The summed E-state index contributed by atoms with van der Waals surface area (Å²) < 4.78 is 5.60. The fraction of sp³-hybridized carbons (Fsp3) is 0.571. The number of aliphatic imine (C=N–C) groups is 1. The zero-order chi connectivity index (χ0) is 14.8. The SMILES string of the molecule is CC(C)(C)NCC(O)COC1=CC=CC2=NC(=O)NC12.Cl. The van der Waals surface area contributed by atoms with Gasteiger partial charge in [-0.05, 0) is 32.9 Å². The molecular formula is C14H22ClN3O3. The number of urea groups is 1. The number of rotatable bonds is 5. The molecule has 0 spiro atoms. The first-order valence-corrected chi connectivity index (χ1v) is 6.68. The molecule has 1 aliphatic heterocycles. The van der Waals surface area contributed by atoms with Crippen LogP contribution in [0.3, 0.4) is 0 Å². The Morgan fingerprint density at radius 3 is 2.90 bits per heavy atom. The van der Waals surface area contributed by atoms with Gasteiger partial charge in [-0.3, -0.25) is 0 Å². The maximum atomic E-state index is 11.2. The van der Waals surface area contributed by atoms with E-state index in [0.717, 1.165) is 0 Å². The second kappa shape index (κ2) is 7.06. The Bertz CT molecular complexity index is 480. The molecule has 2 atom stereocenters. The molecule has 0 aromatic rings. The van der Waals surface area contributed by atoms with Gasteiger partial charge in [-0.15, -0.1) is 12.4 Å². The summed E-state index contributed by atoms with van der Waals surface area (Å²) in [4.78, 5) is 15.1. The summed E-state index contributed by atoms with van der Waals surface area (Å²) in [6.07, 6.45) is 4.72. The molecule has 0 aromatic heterocycles. The molecule has 21 heavy (non-hydrogen) atoms. The molecular weight excluding hydrogens is 294 g/mol. The summed E-state index contributed by atoms with van der Waals surface area (Å²) in [7, 11) is 0. The van der Waals surface area contributed by atoms with E-state index in [1.54, 1.807) is 18.2 Å². The molecule has 2 amide bonds. The number of fused-ring (bicyclic) bond motifs is 1. The van der Waals surface area contributed by atoms with Crippen molar-refractivity contribution >= 4 is 24.1 Å². The molecule has 0 radical (unpaired) electrons. The predicted molar refractivity (Wildman–Crippen MR) is 83.9 cm³/mol. The highest BCUT2D eigenvalue weighted by Gasteiger charge is 2.30. The lowest BCUT2D eigenvalue weighted by atomic mass is 10.1. The van der Waals surface area contributed by atoms with Gasteiger partial charge in [0.2, 0.25) is 0 Å². The molecule has 118 valence electrons. The smallest absolute Gasteiger partial charge is 0.342 e. The molecule has 0 saturated heterocycles. The monoisotopic (exact) mass is 315 g/mol. The van der Waals surface area contributed by atoms with Gasteiger partial charge in [0.05, 0.1) is 5.71 Å². The van der Waals surface area contributed by atoms with Crippen LogP contribution in [0, 0.1) is 0 Å². The molecule has 0 fully saturated rings. The number of allylic oxidation sites excluding steroid dienone is 2. The Kier molecular flexibility index (Phi) is 5.95. The topological polar surface area (TPSA) is 82.9 Å². The van der Waals surface area contributed by atoms with E-state index in [9.17, 15) is 9.90 Å². The van der Waals surface area contributed by atoms with Crippen molar-refractivity contribution < 1.29 is 14.6 Å². The van der Waals surface area contributed by atoms with Gasteiger partial charge in [0.15, 0.2) is 0 Å². The normalized spacial score (nSPS) is 21.7. The van der Waals surface area contributed by atoms with Gasteiger partial charge in [-0.2, -0.15) is 4.99 Å². The molecule has 0 aromatic carbocycles. The third-order valence-electron chi connectivity index (χ3n) is 2.92. The lowest BCUT2D eigenvalue weighted by Gasteiger charge is -2.24. The zero-order valence-corrected chi connectivity index (χ0v) is 13.2. The number of aliphatic hydroxyl groups excluding tert-OH is 1. The molecule has 1 aliphatic carbocycles. The van der Waals surface area contributed by atoms with Crippen LogP contribution in [0.25, 0.3) is 0 Å². The maximum absolute atomic E-state index is 11.2.